The summed E-state index contributed by atoms with van der Waals surface area (Å²) in [7, 11) is 0. The third-order valence-electron chi connectivity index (χ3n) is 5.79. The molecule has 172 valence electrons. The third kappa shape index (κ3) is 4.66. The van der Waals surface area contributed by atoms with Gasteiger partial charge in [0.2, 0.25) is 0 Å². The third-order valence-corrected chi connectivity index (χ3v) is 6.05. The summed E-state index contributed by atoms with van der Waals surface area (Å²) in [6, 6.07) is 7.49. The number of fused-ring (bicyclic) bond motifs is 1. The van der Waals surface area contributed by atoms with E-state index < -0.39 is 35.1 Å². The van der Waals surface area contributed by atoms with Crippen molar-refractivity contribution in [2.45, 2.75) is 50.7 Å². The Morgan fingerprint density at radius 2 is 1.91 bits per heavy atom. The van der Waals surface area contributed by atoms with Gasteiger partial charge in [0.1, 0.15) is 5.78 Å². The van der Waals surface area contributed by atoms with Crippen molar-refractivity contribution in [3.8, 4) is 0 Å². The highest BCUT2D eigenvalue weighted by Gasteiger charge is 2.41. The Morgan fingerprint density at radius 3 is 2.64 bits per heavy atom. The van der Waals surface area contributed by atoms with Crippen molar-refractivity contribution in [1.82, 2.24) is 10.2 Å². The molecule has 1 atom stereocenters. The Bertz CT molecular complexity index is 1190. The largest absolute Gasteiger partial charge is 0.349 e. The standard InChI is InChI=1S/C24H21ClF2N2O4/c25-17-7-5-16(6-8-17)24(26,27)23(33)28-12-14-4-9-19-15(10-14)13-29(22(19)32)20-3-1-2-18(30)11-21(20)31/h4-10,20H,1-3,11-13H2,(H,28,33)/t20-/m0/s1/i20D. The number of alkyl halides is 2. The van der Waals surface area contributed by atoms with Gasteiger partial charge in [-0.25, -0.2) is 0 Å². The van der Waals surface area contributed by atoms with Crippen molar-refractivity contribution in [3.05, 3.63) is 69.7 Å². The minimum atomic E-state index is -3.76. The number of benzene rings is 2. The summed E-state index contributed by atoms with van der Waals surface area (Å²) in [6.45, 7) is -0.219. The minimum absolute atomic E-state index is 0.0136. The highest BCUT2D eigenvalue weighted by atomic mass is 35.5. The number of nitrogens with one attached hydrogen (secondary N) is 1. The van der Waals surface area contributed by atoms with E-state index in [4.69, 9.17) is 13.0 Å². The van der Waals surface area contributed by atoms with E-state index in [1.165, 1.54) is 24.3 Å². The molecule has 0 bridgehead atoms. The molecule has 2 aromatic carbocycles. The van der Waals surface area contributed by atoms with E-state index >= 15 is 0 Å². The van der Waals surface area contributed by atoms with Gasteiger partial charge in [-0.3, -0.25) is 19.2 Å². The average molecular weight is 476 g/mol. The van der Waals surface area contributed by atoms with Crippen LogP contribution in [-0.2, 0) is 33.4 Å². The van der Waals surface area contributed by atoms with Crippen LogP contribution in [0.3, 0.4) is 0 Å². The molecule has 6 nitrogen and oxygen atoms in total. The van der Waals surface area contributed by atoms with Crippen molar-refractivity contribution in [2.75, 3.05) is 0 Å². The molecule has 2 amide bonds. The lowest BCUT2D eigenvalue weighted by Gasteiger charge is -2.25. The first-order chi connectivity index (χ1) is 16.0. The van der Waals surface area contributed by atoms with E-state index in [1.54, 1.807) is 6.07 Å². The van der Waals surface area contributed by atoms with Crippen LogP contribution in [0.1, 0.15) is 54.1 Å². The first-order valence-electron chi connectivity index (χ1n) is 10.9. The van der Waals surface area contributed by atoms with E-state index in [0.29, 0.717) is 23.1 Å². The quantitative estimate of drug-likeness (QED) is 0.527. The first kappa shape index (κ1) is 21.7. The van der Waals surface area contributed by atoms with Gasteiger partial charge in [0, 0.05) is 35.7 Å². The van der Waals surface area contributed by atoms with Crippen LogP contribution in [0.4, 0.5) is 8.78 Å². The summed E-state index contributed by atoms with van der Waals surface area (Å²) < 4.78 is 37.6. The van der Waals surface area contributed by atoms with Gasteiger partial charge in [-0.1, -0.05) is 35.9 Å². The average Bonchev–Trinajstić information content (AvgIpc) is 3.06. The number of nitrogens with zero attached hydrogens (tertiary/aromatic N) is 1. The molecule has 0 unspecified atom stereocenters. The maximum Gasteiger partial charge on any atom is 0.349 e. The summed E-state index contributed by atoms with van der Waals surface area (Å²) >= 11 is 5.71. The SMILES string of the molecule is [2H][C@]1(N2Cc3cc(CNC(=O)C(F)(F)c4ccc(Cl)cc4)ccc3C2=O)CCCC(=O)CC1=O. The zero-order valence-electron chi connectivity index (χ0n) is 18.5. The number of carbonyl (C=O) groups is 4. The van der Waals surface area contributed by atoms with E-state index in [0.717, 1.165) is 17.0 Å². The highest BCUT2D eigenvalue weighted by Crippen LogP contribution is 2.31. The molecule has 1 fully saturated rings. The monoisotopic (exact) mass is 475 g/mol. The Morgan fingerprint density at radius 1 is 1.18 bits per heavy atom. The maximum atomic E-state index is 14.5. The van der Waals surface area contributed by atoms with Crippen molar-refractivity contribution in [2.24, 2.45) is 0 Å². The molecule has 1 aliphatic carbocycles. The van der Waals surface area contributed by atoms with Gasteiger partial charge < -0.3 is 10.2 Å². The number of hydrogen-bond donors (Lipinski definition) is 1. The second-order valence-electron chi connectivity index (χ2n) is 8.09. The van der Waals surface area contributed by atoms with Crippen LogP contribution in [0.15, 0.2) is 42.5 Å². The molecule has 2 aromatic rings. The van der Waals surface area contributed by atoms with Crippen molar-refractivity contribution in [1.29, 1.82) is 0 Å². The van der Waals surface area contributed by atoms with Crippen LogP contribution in [0.25, 0.3) is 0 Å². The van der Waals surface area contributed by atoms with Crippen LogP contribution < -0.4 is 5.32 Å². The number of carbonyl (C=O) groups excluding carboxylic acids is 4. The molecule has 1 N–H and O–H groups in total. The van der Waals surface area contributed by atoms with Crippen molar-refractivity contribution >= 4 is 35.0 Å². The Hall–Kier alpha value is -3.13. The number of Topliss-reactive ketones (excluding diaryl/α,β-unsaturated/α-hetero) is 2. The summed E-state index contributed by atoms with van der Waals surface area (Å²) in [4.78, 5) is 50.6. The topological polar surface area (TPSA) is 83.6 Å². The smallest absolute Gasteiger partial charge is 0.346 e. The van der Waals surface area contributed by atoms with E-state index in [9.17, 15) is 28.0 Å². The van der Waals surface area contributed by atoms with Gasteiger partial charge in [0.15, 0.2) is 5.78 Å². The van der Waals surface area contributed by atoms with Crippen molar-refractivity contribution in [3.63, 3.8) is 0 Å². The molecule has 4 rings (SSSR count). The fraction of sp³-hybridized carbons (Fsp3) is 0.333. The maximum absolute atomic E-state index is 14.5. The Balaban J connectivity index is 1.47. The normalized spacial score (nSPS) is 21.5. The zero-order valence-corrected chi connectivity index (χ0v) is 18.3. The fourth-order valence-corrected chi connectivity index (χ4v) is 4.16. The summed E-state index contributed by atoms with van der Waals surface area (Å²) in [5.41, 5.74) is 0.819. The second-order valence-corrected chi connectivity index (χ2v) is 8.52. The predicted molar refractivity (Wildman–Crippen MR) is 116 cm³/mol. The van der Waals surface area contributed by atoms with Crippen molar-refractivity contribution < 1.29 is 29.3 Å². The molecule has 0 spiro atoms. The van der Waals surface area contributed by atoms with Gasteiger partial charge in [-0.2, -0.15) is 8.78 Å². The number of rotatable bonds is 5. The van der Waals surface area contributed by atoms with Gasteiger partial charge >= 0.3 is 5.92 Å². The van der Waals surface area contributed by atoms with E-state index in [1.807, 2.05) is 0 Å². The van der Waals surface area contributed by atoms with Crippen LogP contribution in [0.2, 0.25) is 5.02 Å². The first-order valence-corrected chi connectivity index (χ1v) is 10.8. The van der Waals surface area contributed by atoms with Gasteiger partial charge in [-0.15, -0.1) is 0 Å². The molecular formula is C24H21ClF2N2O4. The Labute approximate surface area is 195 Å². The molecule has 0 saturated heterocycles. The number of hydrogen-bond acceptors (Lipinski definition) is 4. The molecule has 1 saturated carbocycles. The minimum Gasteiger partial charge on any atom is -0.346 e. The summed E-state index contributed by atoms with van der Waals surface area (Å²) in [5.74, 6) is -6.57. The second kappa shape index (κ2) is 9.02. The molecule has 33 heavy (non-hydrogen) atoms. The lowest BCUT2D eigenvalue weighted by molar-refractivity contribution is -0.147. The molecule has 0 aromatic heterocycles. The molecule has 1 heterocycles. The lowest BCUT2D eigenvalue weighted by atomic mass is 10.1. The predicted octanol–water partition coefficient (Wildman–Crippen LogP) is 3.78. The van der Waals surface area contributed by atoms with Crippen LogP contribution in [0, 0.1) is 0 Å². The van der Waals surface area contributed by atoms with E-state index in [2.05, 4.69) is 5.32 Å². The molecular weight excluding hydrogens is 454 g/mol. The van der Waals surface area contributed by atoms with Gasteiger partial charge in [0.25, 0.3) is 11.8 Å². The Kier molecular flexibility index (Phi) is 5.93. The molecule has 2 aliphatic rings. The summed E-state index contributed by atoms with van der Waals surface area (Å²) in [6.07, 6.45) is 0.238. The number of ketones is 2. The fourth-order valence-electron chi connectivity index (χ4n) is 4.03. The van der Waals surface area contributed by atoms with E-state index in [-0.39, 0.29) is 43.2 Å². The highest BCUT2D eigenvalue weighted by molar-refractivity contribution is 6.30. The molecule has 1 aliphatic heterocycles. The zero-order chi connectivity index (χ0) is 24.7. The number of halogens is 3. The van der Waals surface area contributed by atoms with Gasteiger partial charge in [-0.05, 0) is 42.2 Å². The number of amides is 2. The van der Waals surface area contributed by atoms with Crippen LogP contribution >= 0.6 is 11.6 Å². The van der Waals surface area contributed by atoms with Crippen LogP contribution in [-0.4, -0.2) is 34.3 Å². The van der Waals surface area contributed by atoms with Crippen LogP contribution in [0.5, 0.6) is 0 Å². The van der Waals surface area contributed by atoms with Gasteiger partial charge in [0.05, 0.1) is 13.8 Å². The lowest BCUT2D eigenvalue weighted by Crippen LogP contribution is -2.41. The molecule has 9 heteroatoms. The summed E-state index contributed by atoms with van der Waals surface area (Å²) in [5, 5.41) is 2.48. The molecule has 0 radical (unpaired) electrons.